The van der Waals surface area contributed by atoms with Gasteiger partial charge in [-0.3, -0.25) is 13.8 Å². The molecular formula is C41H84NO7P. The fourth-order valence-corrected chi connectivity index (χ4v) is 7.09. The largest absolute Gasteiger partial charge is 0.472 e. The van der Waals surface area contributed by atoms with Gasteiger partial charge in [0.1, 0.15) is 12.7 Å². The van der Waals surface area contributed by atoms with E-state index >= 15 is 0 Å². The molecule has 0 saturated carbocycles. The number of hydrogen-bond acceptors (Lipinski definition) is 7. The second-order valence-electron chi connectivity index (χ2n) is 14.6. The predicted molar refractivity (Wildman–Crippen MR) is 211 cm³/mol. The summed E-state index contributed by atoms with van der Waals surface area (Å²) in [4.78, 5) is 22.3. The Kier molecular flexibility index (Phi) is 39.3. The summed E-state index contributed by atoms with van der Waals surface area (Å²) in [6.45, 7) is 4.87. The minimum Gasteiger partial charge on any atom is -0.463 e. The van der Waals surface area contributed by atoms with E-state index in [1.54, 1.807) is 0 Å². The fourth-order valence-electron chi connectivity index (χ4n) is 6.33. The van der Waals surface area contributed by atoms with Gasteiger partial charge in [-0.2, -0.15) is 0 Å². The molecule has 0 rings (SSSR count). The van der Waals surface area contributed by atoms with Crippen LogP contribution in [0.3, 0.4) is 0 Å². The molecule has 2 unspecified atom stereocenters. The number of unbranched alkanes of at least 4 members (excludes halogenated alkanes) is 29. The molecule has 0 aliphatic heterocycles. The van der Waals surface area contributed by atoms with Crippen LogP contribution < -0.4 is 5.73 Å². The highest BCUT2D eigenvalue weighted by Gasteiger charge is 2.24. The smallest absolute Gasteiger partial charge is 0.463 e. The first-order valence-corrected chi connectivity index (χ1v) is 23.0. The Bertz CT molecular complexity index is 742. The highest BCUT2D eigenvalue weighted by molar-refractivity contribution is 7.47. The minimum atomic E-state index is -4.23. The van der Waals surface area contributed by atoms with Crippen molar-refractivity contribution in [2.75, 3.05) is 33.0 Å². The van der Waals surface area contributed by atoms with Crippen molar-refractivity contribution in [3.05, 3.63) is 0 Å². The molecule has 3 N–H and O–H groups in total. The zero-order valence-electron chi connectivity index (χ0n) is 33.2. The van der Waals surface area contributed by atoms with Crippen molar-refractivity contribution in [2.24, 2.45) is 5.73 Å². The molecular weight excluding hydrogens is 649 g/mol. The quantitative estimate of drug-likeness (QED) is 0.0362. The Morgan fingerprint density at radius 1 is 0.520 bits per heavy atom. The highest BCUT2D eigenvalue weighted by Crippen LogP contribution is 2.43. The fraction of sp³-hybridized carbons (Fsp3) is 0.976. The number of ether oxygens (including phenoxy) is 2. The lowest BCUT2D eigenvalue weighted by Crippen LogP contribution is -2.27. The molecule has 0 radical (unpaired) electrons. The number of esters is 1. The van der Waals surface area contributed by atoms with E-state index in [9.17, 15) is 14.3 Å². The van der Waals surface area contributed by atoms with E-state index < -0.39 is 13.9 Å². The average molecular weight is 734 g/mol. The minimum absolute atomic E-state index is 0.00663. The third-order valence-electron chi connectivity index (χ3n) is 9.56. The van der Waals surface area contributed by atoms with Crippen LogP contribution in [-0.2, 0) is 27.9 Å². The Morgan fingerprint density at radius 3 is 1.26 bits per heavy atom. The molecule has 0 spiro atoms. The molecule has 9 heteroatoms. The highest BCUT2D eigenvalue weighted by atomic mass is 31.2. The first kappa shape index (κ1) is 49.5. The monoisotopic (exact) mass is 734 g/mol. The number of hydrogen-bond donors (Lipinski definition) is 2. The summed E-state index contributed by atoms with van der Waals surface area (Å²) < 4.78 is 33.5. The van der Waals surface area contributed by atoms with Crippen LogP contribution in [0, 0.1) is 0 Å². The van der Waals surface area contributed by atoms with Crippen LogP contribution in [0.25, 0.3) is 0 Å². The van der Waals surface area contributed by atoms with Crippen molar-refractivity contribution >= 4 is 13.8 Å². The molecule has 0 fully saturated rings. The molecule has 0 aliphatic carbocycles. The number of carbonyl (C=O) groups excluding carboxylic acids is 1. The summed E-state index contributed by atoms with van der Waals surface area (Å²) in [5, 5.41) is 0. The van der Waals surface area contributed by atoms with Gasteiger partial charge in [-0.15, -0.1) is 0 Å². The molecule has 0 amide bonds. The zero-order valence-corrected chi connectivity index (χ0v) is 34.1. The normalized spacial score (nSPS) is 13.4. The maximum Gasteiger partial charge on any atom is 0.472 e. The molecule has 50 heavy (non-hydrogen) atoms. The van der Waals surface area contributed by atoms with E-state index in [2.05, 4.69) is 13.8 Å². The first-order valence-electron chi connectivity index (χ1n) is 21.5. The van der Waals surface area contributed by atoms with Crippen LogP contribution in [0.1, 0.15) is 219 Å². The van der Waals surface area contributed by atoms with Crippen LogP contribution in [0.4, 0.5) is 0 Å². The van der Waals surface area contributed by atoms with Gasteiger partial charge in [0.15, 0.2) is 0 Å². The molecule has 8 nitrogen and oxygen atoms in total. The van der Waals surface area contributed by atoms with E-state index in [1.165, 1.54) is 167 Å². The van der Waals surface area contributed by atoms with Crippen LogP contribution in [0.15, 0.2) is 0 Å². The van der Waals surface area contributed by atoms with Gasteiger partial charge in [0.2, 0.25) is 0 Å². The zero-order chi connectivity index (χ0) is 36.6. The van der Waals surface area contributed by atoms with Gasteiger partial charge in [0, 0.05) is 19.6 Å². The van der Waals surface area contributed by atoms with E-state index in [4.69, 9.17) is 24.3 Å². The second-order valence-corrected chi connectivity index (χ2v) is 16.0. The standard InChI is InChI=1S/C41H84NO7P/c1-3-5-7-9-11-13-15-17-19-21-23-25-27-29-31-33-36-46-40(39-49-50(44,45)48-37-35-42)38-47-41(43)34-32-30-28-26-24-22-20-18-16-14-12-10-8-6-4-2/h40H,3-39,42H2,1-2H3,(H,44,45). The Morgan fingerprint density at radius 2 is 0.880 bits per heavy atom. The SMILES string of the molecule is CCCCCCCCCCCCCCCCCCOC(COC(=O)CCCCCCCCCCCCCCCCC)COP(=O)(O)OCCN. The number of nitrogens with two attached hydrogens (primary N) is 1. The third kappa shape index (κ3) is 38.7. The van der Waals surface area contributed by atoms with Gasteiger partial charge < -0.3 is 20.1 Å². The number of rotatable bonds is 42. The molecule has 0 aromatic carbocycles. The number of phosphoric acid groups is 1. The lowest BCUT2D eigenvalue weighted by Gasteiger charge is -2.20. The van der Waals surface area contributed by atoms with Gasteiger partial charge in [0.25, 0.3) is 0 Å². The van der Waals surface area contributed by atoms with Gasteiger partial charge in [-0.25, -0.2) is 4.57 Å². The van der Waals surface area contributed by atoms with Crippen LogP contribution in [-0.4, -0.2) is 49.9 Å². The van der Waals surface area contributed by atoms with E-state index in [0.717, 1.165) is 32.1 Å². The summed E-state index contributed by atoms with van der Waals surface area (Å²) in [7, 11) is -4.23. The number of phosphoric ester groups is 1. The Labute approximate surface area is 310 Å². The van der Waals surface area contributed by atoms with Crippen LogP contribution in [0.5, 0.6) is 0 Å². The van der Waals surface area contributed by atoms with E-state index in [-0.39, 0.29) is 32.3 Å². The van der Waals surface area contributed by atoms with Crippen molar-refractivity contribution in [1.82, 2.24) is 0 Å². The van der Waals surface area contributed by atoms with Crippen molar-refractivity contribution in [2.45, 2.75) is 225 Å². The average Bonchev–Trinajstić information content (AvgIpc) is 3.11. The maximum absolute atomic E-state index is 12.4. The van der Waals surface area contributed by atoms with Crippen molar-refractivity contribution in [3.63, 3.8) is 0 Å². The van der Waals surface area contributed by atoms with Crippen molar-refractivity contribution in [1.29, 1.82) is 0 Å². The summed E-state index contributed by atoms with van der Waals surface area (Å²) in [6.07, 6.45) is 39.8. The summed E-state index contributed by atoms with van der Waals surface area (Å²) in [6, 6.07) is 0. The molecule has 0 aromatic heterocycles. The Hall–Kier alpha value is -0.500. The lowest BCUT2D eigenvalue weighted by molar-refractivity contribution is -0.149. The van der Waals surface area contributed by atoms with E-state index in [1.807, 2.05) is 0 Å². The maximum atomic E-state index is 12.4. The van der Waals surface area contributed by atoms with Gasteiger partial charge >= 0.3 is 13.8 Å². The first-order chi connectivity index (χ1) is 24.4. The predicted octanol–water partition coefficient (Wildman–Crippen LogP) is 12.5. The van der Waals surface area contributed by atoms with Gasteiger partial charge in [-0.05, 0) is 12.8 Å². The molecule has 0 aliphatic rings. The second kappa shape index (κ2) is 39.7. The molecule has 0 saturated heterocycles. The topological polar surface area (TPSA) is 117 Å². The van der Waals surface area contributed by atoms with Gasteiger partial charge in [-0.1, -0.05) is 200 Å². The van der Waals surface area contributed by atoms with Crippen LogP contribution in [0.2, 0.25) is 0 Å². The summed E-state index contributed by atoms with van der Waals surface area (Å²) in [5.74, 6) is -0.262. The molecule has 0 bridgehead atoms. The van der Waals surface area contributed by atoms with Crippen molar-refractivity contribution in [3.8, 4) is 0 Å². The summed E-state index contributed by atoms with van der Waals surface area (Å²) >= 11 is 0. The summed E-state index contributed by atoms with van der Waals surface area (Å²) in [5.41, 5.74) is 5.37. The molecule has 300 valence electrons. The van der Waals surface area contributed by atoms with Gasteiger partial charge in [0.05, 0.1) is 13.2 Å². The Balaban J connectivity index is 3.97. The third-order valence-corrected chi connectivity index (χ3v) is 10.5. The van der Waals surface area contributed by atoms with E-state index in [0.29, 0.717) is 13.0 Å². The van der Waals surface area contributed by atoms with Crippen LogP contribution >= 0.6 is 7.82 Å². The van der Waals surface area contributed by atoms with Crippen molar-refractivity contribution < 1.29 is 32.8 Å². The lowest BCUT2D eigenvalue weighted by atomic mass is 10.0. The molecule has 0 heterocycles. The molecule has 0 aromatic rings. The molecule has 2 atom stereocenters. The number of carbonyl (C=O) groups is 1.